The zero-order valence-electron chi connectivity index (χ0n) is 9.62. The molecule has 0 spiro atoms. The van der Waals surface area contributed by atoms with Gasteiger partial charge in [0.2, 0.25) is 0 Å². The van der Waals surface area contributed by atoms with Gasteiger partial charge in [0.15, 0.2) is 0 Å². The van der Waals surface area contributed by atoms with E-state index < -0.39 is 5.97 Å². The van der Waals surface area contributed by atoms with E-state index in [-0.39, 0.29) is 5.57 Å². The smallest absolute Gasteiger partial charge is 0.331 e. The largest absolute Gasteiger partial charge is 0.493 e. The van der Waals surface area contributed by atoms with Crippen LogP contribution in [0, 0.1) is 13.8 Å². The SMILES string of the molecule is C=C(CCOc1cccc(C)c1C)C(=O)O. The van der Waals surface area contributed by atoms with Crippen molar-refractivity contribution in [1.29, 1.82) is 0 Å². The van der Waals surface area contributed by atoms with Gasteiger partial charge < -0.3 is 9.84 Å². The van der Waals surface area contributed by atoms with E-state index in [1.165, 1.54) is 0 Å². The molecule has 0 bridgehead atoms. The van der Waals surface area contributed by atoms with E-state index in [1.54, 1.807) is 0 Å². The molecule has 0 heterocycles. The van der Waals surface area contributed by atoms with Crippen LogP contribution in [0.5, 0.6) is 5.75 Å². The number of ether oxygens (including phenoxy) is 1. The third-order valence-electron chi connectivity index (χ3n) is 2.52. The van der Waals surface area contributed by atoms with Gasteiger partial charge >= 0.3 is 5.97 Å². The predicted molar refractivity (Wildman–Crippen MR) is 62.8 cm³/mol. The lowest BCUT2D eigenvalue weighted by Crippen LogP contribution is -2.06. The molecule has 16 heavy (non-hydrogen) atoms. The summed E-state index contributed by atoms with van der Waals surface area (Å²) in [6, 6.07) is 5.81. The standard InChI is InChI=1S/C13H16O3/c1-9-5-4-6-12(11(9)3)16-8-7-10(2)13(14)15/h4-6H,2,7-8H2,1,3H3,(H,14,15). The molecular weight excluding hydrogens is 204 g/mol. The monoisotopic (exact) mass is 220 g/mol. The fraction of sp³-hybridized carbons (Fsp3) is 0.308. The molecule has 0 atom stereocenters. The maximum atomic E-state index is 10.5. The van der Waals surface area contributed by atoms with Gasteiger partial charge in [-0.3, -0.25) is 0 Å². The molecule has 0 aliphatic heterocycles. The number of carbonyl (C=O) groups is 1. The van der Waals surface area contributed by atoms with Gasteiger partial charge in [-0.25, -0.2) is 4.79 Å². The Hall–Kier alpha value is -1.77. The fourth-order valence-corrected chi connectivity index (χ4v) is 1.27. The summed E-state index contributed by atoms with van der Waals surface area (Å²) in [7, 11) is 0. The Bertz CT molecular complexity index is 408. The van der Waals surface area contributed by atoms with Crippen LogP contribution in [0.2, 0.25) is 0 Å². The van der Waals surface area contributed by atoms with Crippen molar-refractivity contribution in [2.45, 2.75) is 20.3 Å². The second kappa shape index (κ2) is 5.35. The van der Waals surface area contributed by atoms with Crippen molar-refractivity contribution in [3.8, 4) is 5.75 Å². The van der Waals surface area contributed by atoms with Crippen LogP contribution in [0.3, 0.4) is 0 Å². The van der Waals surface area contributed by atoms with Crippen LogP contribution in [0.1, 0.15) is 17.5 Å². The molecule has 0 aliphatic carbocycles. The number of aryl methyl sites for hydroxylation is 1. The second-order valence-corrected chi connectivity index (χ2v) is 3.71. The molecule has 0 fully saturated rings. The molecule has 0 saturated carbocycles. The number of hydrogen-bond donors (Lipinski definition) is 1. The van der Waals surface area contributed by atoms with Crippen molar-refractivity contribution < 1.29 is 14.6 Å². The lowest BCUT2D eigenvalue weighted by Gasteiger charge is -2.10. The lowest BCUT2D eigenvalue weighted by molar-refractivity contribution is -0.132. The molecule has 1 rings (SSSR count). The van der Waals surface area contributed by atoms with Gasteiger partial charge in [0.1, 0.15) is 5.75 Å². The minimum absolute atomic E-state index is 0.172. The van der Waals surface area contributed by atoms with Crippen molar-refractivity contribution in [2.75, 3.05) is 6.61 Å². The Kier molecular flexibility index (Phi) is 4.11. The van der Waals surface area contributed by atoms with Gasteiger partial charge in [-0.05, 0) is 31.0 Å². The van der Waals surface area contributed by atoms with Crippen molar-refractivity contribution in [1.82, 2.24) is 0 Å². The molecule has 0 aliphatic rings. The normalized spacial score (nSPS) is 9.88. The molecule has 3 heteroatoms. The maximum absolute atomic E-state index is 10.5. The highest BCUT2D eigenvalue weighted by Crippen LogP contribution is 2.20. The Labute approximate surface area is 95.4 Å². The molecule has 0 radical (unpaired) electrons. The van der Waals surface area contributed by atoms with E-state index in [1.807, 2.05) is 32.0 Å². The van der Waals surface area contributed by atoms with Crippen LogP contribution in [-0.4, -0.2) is 17.7 Å². The summed E-state index contributed by atoms with van der Waals surface area (Å²) in [5.74, 6) is -0.164. The molecule has 3 nitrogen and oxygen atoms in total. The number of carboxylic acids is 1. The Morgan fingerprint density at radius 1 is 1.44 bits per heavy atom. The van der Waals surface area contributed by atoms with E-state index >= 15 is 0 Å². The van der Waals surface area contributed by atoms with Gasteiger partial charge in [-0.1, -0.05) is 18.7 Å². The van der Waals surface area contributed by atoms with Gasteiger partial charge in [-0.15, -0.1) is 0 Å². The number of carboxylic acid groups (broad SMARTS) is 1. The van der Waals surface area contributed by atoms with Crippen LogP contribution < -0.4 is 4.74 Å². The molecule has 1 N–H and O–H groups in total. The number of rotatable bonds is 5. The van der Waals surface area contributed by atoms with Crippen molar-refractivity contribution in [3.05, 3.63) is 41.5 Å². The fourth-order valence-electron chi connectivity index (χ4n) is 1.27. The average molecular weight is 220 g/mol. The first-order valence-corrected chi connectivity index (χ1v) is 5.12. The summed E-state index contributed by atoms with van der Waals surface area (Å²) in [6.45, 7) is 7.78. The molecular formula is C13H16O3. The number of benzene rings is 1. The van der Waals surface area contributed by atoms with Crippen LogP contribution in [-0.2, 0) is 4.79 Å². The summed E-state index contributed by atoms with van der Waals surface area (Å²) in [6.07, 6.45) is 0.336. The topological polar surface area (TPSA) is 46.5 Å². The van der Waals surface area contributed by atoms with E-state index in [4.69, 9.17) is 9.84 Å². The van der Waals surface area contributed by atoms with Crippen LogP contribution in [0.25, 0.3) is 0 Å². The van der Waals surface area contributed by atoms with Crippen LogP contribution in [0.4, 0.5) is 0 Å². The Morgan fingerprint density at radius 3 is 2.75 bits per heavy atom. The Morgan fingerprint density at radius 2 is 2.12 bits per heavy atom. The van der Waals surface area contributed by atoms with E-state index in [0.717, 1.165) is 16.9 Å². The van der Waals surface area contributed by atoms with E-state index in [0.29, 0.717) is 13.0 Å². The van der Waals surface area contributed by atoms with Gasteiger partial charge in [0.25, 0.3) is 0 Å². The summed E-state index contributed by atoms with van der Waals surface area (Å²) >= 11 is 0. The molecule has 0 amide bonds. The molecule has 86 valence electrons. The summed E-state index contributed by atoms with van der Waals surface area (Å²) in [4.78, 5) is 10.5. The molecule has 0 saturated heterocycles. The summed E-state index contributed by atoms with van der Waals surface area (Å²) in [5.41, 5.74) is 2.42. The van der Waals surface area contributed by atoms with Gasteiger partial charge in [0.05, 0.1) is 6.61 Å². The van der Waals surface area contributed by atoms with E-state index in [2.05, 4.69) is 6.58 Å². The first kappa shape index (κ1) is 12.3. The average Bonchev–Trinajstić information content (AvgIpc) is 2.24. The van der Waals surface area contributed by atoms with Crippen molar-refractivity contribution in [3.63, 3.8) is 0 Å². The second-order valence-electron chi connectivity index (χ2n) is 3.71. The highest BCUT2D eigenvalue weighted by Gasteiger charge is 2.05. The van der Waals surface area contributed by atoms with Crippen molar-refractivity contribution in [2.24, 2.45) is 0 Å². The van der Waals surface area contributed by atoms with E-state index in [9.17, 15) is 4.79 Å². The van der Waals surface area contributed by atoms with Crippen LogP contribution >= 0.6 is 0 Å². The maximum Gasteiger partial charge on any atom is 0.331 e. The highest BCUT2D eigenvalue weighted by atomic mass is 16.5. The molecule has 0 aromatic heterocycles. The summed E-state index contributed by atoms with van der Waals surface area (Å²) < 4.78 is 5.51. The summed E-state index contributed by atoms with van der Waals surface area (Å²) in [5, 5.41) is 8.62. The minimum Gasteiger partial charge on any atom is -0.493 e. The third-order valence-corrected chi connectivity index (χ3v) is 2.52. The van der Waals surface area contributed by atoms with Crippen LogP contribution in [0.15, 0.2) is 30.4 Å². The third kappa shape index (κ3) is 3.12. The molecule has 1 aromatic rings. The lowest BCUT2D eigenvalue weighted by atomic mass is 10.1. The number of hydrogen-bond acceptors (Lipinski definition) is 2. The molecule has 0 unspecified atom stereocenters. The Balaban J connectivity index is 2.52. The minimum atomic E-state index is -0.968. The first-order chi connectivity index (χ1) is 7.52. The van der Waals surface area contributed by atoms with Crippen molar-refractivity contribution >= 4 is 5.97 Å². The highest BCUT2D eigenvalue weighted by molar-refractivity contribution is 5.85. The first-order valence-electron chi connectivity index (χ1n) is 5.12. The van der Waals surface area contributed by atoms with Gasteiger partial charge in [-0.2, -0.15) is 0 Å². The zero-order valence-corrected chi connectivity index (χ0v) is 9.62. The number of aliphatic carboxylic acids is 1. The zero-order chi connectivity index (χ0) is 12.1. The predicted octanol–water partition coefficient (Wildman–Crippen LogP) is 2.71. The molecule has 1 aromatic carbocycles. The quantitative estimate of drug-likeness (QED) is 0.776. The van der Waals surface area contributed by atoms with Gasteiger partial charge in [0, 0.05) is 12.0 Å².